The van der Waals surface area contributed by atoms with E-state index < -0.39 is 6.09 Å². The number of hydrogen-bond donors (Lipinski definition) is 1. The van der Waals surface area contributed by atoms with Gasteiger partial charge in [-0.05, 0) is 55.7 Å². The van der Waals surface area contributed by atoms with E-state index in [-0.39, 0.29) is 6.61 Å². The first-order valence-electron chi connectivity index (χ1n) is 10.4. The highest BCUT2D eigenvalue weighted by molar-refractivity contribution is 7.19. The molecule has 0 saturated carbocycles. The average molecular weight is 451 g/mol. The molecule has 2 aromatic carbocycles. The van der Waals surface area contributed by atoms with E-state index in [1.807, 2.05) is 68.8 Å². The van der Waals surface area contributed by atoms with Crippen LogP contribution in [0.15, 0.2) is 36.4 Å². The number of ether oxygens (including phenoxy) is 2. The summed E-state index contributed by atoms with van der Waals surface area (Å²) in [4.78, 5) is 21.7. The van der Waals surface area contributed by atoms with Crippen LogP contribution in [0.25, 0.3) is 21.6 Å². The van der Waals surface area contributed by atoms with Gasteiger partial charge in [-0.3, -0.25) is 5.32 Å². The van der Waals surface area contributed by atoms with Crippen LogP contribution < -0.4 is 10.1 Å². The molecule has 0 fully saturated rings. The quantitative estimate of drug-likeness (QED) is 0.412. The molecule has 0 aliphatic carbocycles. The van der Waals surface area contributed by atoms with E-state index in [1.165, 1.54) is 11.3 Å². The fraction of sp³-hybridized carbons (Fsp3) is 0.292. The van der Waals surface area contributed by atoms with Crippen molar-refractivity contribution in [1.82, 2.24) is 14.5 Å². The molecule has 0 saturated heterocycles. The number of aryl methyl sites for hydroxylation is 4. The Morgan fingerprint density at radius 1 is 1.16 bits per heavy atom. The number of aromatic nitrogens is 3. The van der Waals surface area contributed by atoms with Crippen LogP contribution in [0.2, 0.25) is 0 Å². The molecule has 4 rings (SSSR count). The van der Waals surface area contributed by atoms with Gasteiger partial charge < -0.3 is 14.0 Å². The van der Waals surface area contributed by atoms with Crippen LogP contribution in [0.4, 0.5) is 9.80 Å². The summed E-state index contributed by atoms with van der Waals surface area (Å²) in [6.45, 7) is 6.15. The maximum atomic E-state index is 12.5. The highest BCUT2D eigenvalue weighted by Crippen LogP contribution is 2.37. The Balaban J connectivity index is 1.47. The number of thiazole rings is 1. The lowest BCUT2D eigenvalue weighted by atomic mass is 10.1. The molecule has 0 aliphatic heterocycles. The van der Waals surface area contributed by atoms with E-state index in [1.54, 1.807) is 7.11 Å². The Bertz CT molecular complexity index is 1290. The van der Waals surface area contributed by atoms with Crippen LogP contribution in [0.1, 0.15) is 29.6 Å². The van der Waals surface area contributed by atoms with E-state index >= 15 is 0 Å². The number of hydrogen-bond acceptors (Lipinski definition) is 6. The van der Waals surface area contributed by atoms with Gasteiger partial charge in [-0.2, -0.15) is 0 Å². The second-order valence-corrected chi connectivity index (χ2v) is 8.59. The number of benzene rings is 2. The van der Waals surface area contributed by atoms with Crippen molar-refractivity contribution >= 4 is 33.5 Å². The normalized spacial score (nSPS) is 11.0. The number of imidazole rings is 1. The molecule has 166 valence electrons. The zero-order valence-electron chi connectivity index (χ0n) is 18.9. The number of rotatable bonds is 6. The van der Waals surface area contributed by atoms with Crippen LogP contribution in [0.3, 0.4) is 0 Å². The molecular weight excluding hydrogens is 424 g/mol. The Hall–Kier alpha value is -3.39. The van der Waals surface area contributed by atoms with Crippen molar-refractivity contribution in [3.8, 4) is 16.3 Å². The average Bonchev–Trinajstić information content (AvgIpc) is 3.31. The van der Waals surface area contributed by atoms with Crippen LogP contribution in [-0.2, 0) is 24.8 Å². The topological polar surface area (TPSA) is 78.3 Å². The first-order valence-corrected chi connectivity index (χ1v) is 11.2. The Labute approximate surface area is 191 Å². The lowest BCUT2D eigenvalue weighted by molar-refractivity contribution is 0.155. The molecule has 0 radical (unpaired) electrons. The zero-order valence-corrected chi connectivity index (χ0v) is 19.7. The van der Waals surface area contributed by atoms with Crippen molar-refractivity contribution in [2.75, 3.05) is 12.4 Å². The molecule has 1 N–H and O–H groups in total. The van der Waals surface area contributed by atoms with Crippen LogP contribution >= 0.6 is 11.3 Å². The minimum Gasteiger partial charge on any atom is -0.496 e. The van der Waals surface area contributed by atoms with E-state index in [9.17, 15) is 4.79 Å². The summed E-state index contributed by atoms with van der Waals surface area (Å²) >= 11 is 1.41. The molecule has 0 unspecified atom stereocenters. The van der Waals surface area contributed by atoms with Gasteiger partial charge >= 0.3 is 6.09 Å². The molecule has 2 aromatic heterocycles. The van der Waals surface area contributed by atoms with E-state index in [4.69, 9.17) is 14.5 Å². The van der Waals surface area contributed by atoms with E-state index in [2.05, 4.69) is 10.3 Å². The monoisotopic (exact) mass is 450 g/mol. The van der Waals surface area contributed by atoms with Gasteiger partial charge in [0, 0.05) is 7.05 Å². The summed E-state index contributed by atoms with van der Waals surface area (Å²) < 4.78 is 13.0. The summed E-state index contributed by atoms with van der Waals surface area (Å²) in [5.41, 5.74) is 5.65. The van der Waals surface area contributed by atoms with Gasteiger partial charge in [-0.25, -0.2) is 14.8 Å². The molecule has 4 aromatic rings. The summed E-state index contributed by atoms with van der Waals surface area (Å²) in [6.07, 6.45) is 0.179. The standard InChI is InChI=1S/C24H26N4O3S/c1-6-18-23(32-22(26-18)17-9-7-14(2)11-21(17)30-5)27-24(29)31-13-16-8-10-20-19(12-16)25-15(3)28(20)4/h7-12H,6,13H2,1-5H3,(H,27,29). The van der Waals surface area contributed by atoms with Gasteiger partial charge in [0.2, 0.25) is 0 Å². The molecule has 0 spiro atoms. The third-order valence-corrected chi connectivity index (χ3v) is 6.42. The maximum absolute atomic E-state index is 12.5. The predicted octanol–water partition coefficient (Wildman–Crippen LogP) is 5.63. The summed E-state index contributed by atoms with van der Waals surface area (Å²) in [6, 6.07) is 11.9. The Morgan fingerprint density at radius 3 is 2.72 bits per heavy atom. The number of amides is 1. The third kappa shape index (κ3) is 4.31. The smallest absolute Gasteiger partial charge is 0.412 e. The van der Waals surface area contributed by atoms with Gasteiger partial charge in [0.1, 0.15) is 28.2 Å². The van der Waals surface area contributed by atoms with Crippen LogP contribution in [0.5, 0.6) is 5.75 Å². The predicted molar refractivity (Wildman–Crippen MR) is 127 cm³/mol. The lowest BCUT2D eigenvalue weighted by Gasteiger charge is -2.07. The largest absolute Gasteiger partial charge is 0.496 e. The number of carbonyl (C=O) groups excluding carboxylic acids is 1. The molecule has 8 heteroatoms. The fourth-order valence-corrected chi connectivity index (χ4v) is 4.58. The van der Waals surface area contributed by atoms with Gasteiger partial charge in [0.25, 0.3) is 0 Å². The van der Waals surface area contributed by atoms with Crippen molar-refractivity contribution in [2.45, 2.75) is 33.8 Å². The van der Waals surface area contributed by atoms with Crippen LogP contribution in [0, 0.1) is 13.8 Å². The van der Waals surface area contributed by atoms with Crippen molar-refractivity contribution < 1.29 is 14.3 Å². The zero-order chi connectivity index (χ0) is 22.8. The number of methoxy groups -OCH3 is 1. The number of carbonyl (C=O) groups is 1. The van der Waals surface area contributed by atoms with Gasteiger partial charge in [0.15, 0.2) is 0 Å². The van der Waals surface area contributed by atoms with Gasteiger partial charge in [0.05, 0.1) is 29.4 Å². The van der Waals surface area contributed by atoms with Crippen molar-refractivity contribution in [3.63, 3.8) is 0 Å². The second kappa shape index (κ2) is 9.00. The molecule has 2 heterocycles. The Morgan fingerprint density at radius 2 is 1.97 bits per heavy atom. The maximum Gasteiger partial charge on any atom is 0.412 e. The lowest BCUT2D eigenvalue weighted by Crippen LogP contribution is -2.13. The molecular formula is C24H26N4O3S. The number of fused-ring (bicyclic) bond motifs is 1. The highest BCUT2D eigenvalue weighted by atomic mass is 32.1. The summed E-state index contributed by atoms with van der Waals surface area (Å²) in [5.74, 6) is 1.70. The Kier molecular flexibility index (Phi) is 6.14. The molecule has 7 nitrogen and oxygen atoms in total. The minimum absolute atomic E-state index is 0.163. The first-order chi connectivity index (χ1) is 15.4. The molecule has 32 heavy (non-hydrogen) atoms. The van der Waals surface area contributed by atoms with E-state index in [0.717, 1.165) is 50.0 Å². The molecule has 0 aliphatic rings. The number of anilines is 1. The molecule has 1 amide bonds. The third-order valence-electron chi connectivity index (χ3n) is 5.37. The van der Waals surface area contributed by atoms with Gasteiger partial charge in [-0.1, -0.05) is 30.4 Å². The summed E-state index contributed by atoms with van der Waals surface area (Å²) in [5, 5.41) is 4.34. The summed E-state index contributed by atoms with van der Waals surface area (Å²) in [7, 11) is 3.63. The number of nitrogens with one attached hydrogen (secondary N) is 1. The second-order valence-electron chi connectivity index (χ2n) is 7.59. The molecule has 0 atom stereocenters. The van der Waals surface area contributed by atoms with Crippen LogP contribution in [-0.4, -0.2) is 27.7 Å². The SMILES string of the molecule is CCc1nc(-c2ccc(C)cc2OC)sc1NC(=O)OCc1ccc2c(c1)nc(C)n2C. The van der Waals surface area contributed by atoms with Crippen molar-refractivity contribution in [1.29, 1.82) is 0 Å². The van der Waals surface area contributed by atoms with E-state index in [0.29, 0.717) is 11.4 Å². The van der Waals surface area contributed by atoms with Crippen molar-refractivity contribution in [2.24, 2.45) is 7.05 Å². The first kappa shape index (κ1) is 21.8. The van der Waals surface area contributed by atoms with Crippen molar-refractivity contribution in [3.05, 3.63) is 59.0 Å². The minimum atomic E-state index is -0.511. The highest BCUT2D eigenvalue weighted by Gasteiger charge is 2.17. The number of nitrogens with zero attached hydrogens (tertiary/aromatic N) is 3. The fourth-order valence-electron chi connectivity index (χ4n) is 3.51. The molecule has 0 bridgehead atoms. The van der Waals surface area contributed by atoms with Gasteiger partial charge in [-0.15, -0.1) is 0 Å².